The molecule has 314 valence electrons. The number of esters is 5. The van der Waals surface area contributed by atoms with Crippen molar-refractivity contribution in [3.63, 3.8) is 0 Å². The third kappa shape index (κ3) is 18.1. The molecule has 1 saturated heterocycles. The molecule has 0 amide bonds. The standard InChI is InChI=1S/C32H52I2O20/c1-13(11-44-34)26(38)48-19(7)45-24-23(12-43-18(6)47-27(39)14(2)33)25(46-20(8)49-28(40)15(3)35)32(53-22(10)51-30(42)17(5)37)54-31(24)52-21(9)50-29(41)16(4)36/h13-25,31-32,35-37H,11-12H2,1-10H3. The fourth-order valence-electron chi connectivity index (χ4n) is 4.31. The summed E-state index contributed by atoms with van der Waals surface area (Å²) in [6.45, 7) is 13.0. The fraction of sp³-hybridized carbons (Fsp3) is 0.844. The van der Waals surface area contributed by atoms with Gasteiger partial charge in [0.25, 0.3) is 0 Å². The highest BCUT2D eigenvalue weighted by Gasteiger charge is 2.52. The van der Waals surface area contributed by atoms with Crippen LogP contribution < -0.4 is 0 Å². The van der Waals surface area contributed by atoms with Gasteiger partial charge in [0.2, 0.25) is 25.2 Å². The van der Waals surface area contributed by atoms with Crippen molar-refractivity contribution in [1.82, 2.24) is 0 Å². The zero-order chi connectivity index (χ0) is 41.4. The van der Waals surface area contributed by atoms with Gasteiger partial charge in [0.1, 0.15) is 57.5 Å². The number of aliphatic hydroxyl groups excluding tert-OH is 3. The quantitative estimate of drug-likeness (QED) is 0.0431. The number of carbonyl (C=O) groups excluding carboxylic acids is 5. The summed E-state index contributed by atoms with van der Waals surface area (Å²) in [4.78, 5) is 61.8. The van der Waals surface area contributed by atoms with Crippen LogP contribution in [0.1, 0.15) is 69.2 Å². The molecule has 22 heteroatoms. The molecular formula is C32H52I2O20. The molecule has 54 heavy (non-hydrogen) atoms. The van der Waals surface area contributed by atoms with E-state index in [0.29, 0.717) is 0 Å². The normalized spacial score (nSPS) is 25.6. The fourth-order valence-corrected chi connectivity index (χ4v) is 5.00. The van der Waals surface area contributed by atoms with Crippen LogP contribution in [0.4, 0.5) is 0 Å². The molecule has 0 bridgehead atoms. The molecule has 0 spiro atoms. The van der Waals surface area contributed by atoms with Gasteiger partial charge in [-0.2, -0.15) is 0 Å². The van der Waals surface area contributed by atoms with Gasteiger partial charge in [-0.25, -0.2) is 14.4 Å². The zero-order valence-electron chi connectivity index (χ0n) is 31.6. The number of aliphatic hydroxyl groups is 3. The minimum Gasteiger partial charge on any atom is -0.436 e. The first-order chi connectivity index (χ1) is 25.1. The van der Waals surface area contributed by atoms with Gasteiger partial charge in [-0.1, -0.05) is 22.6 Å². The average Bonchev–Trinajstić information content (AvgIpc) is 3.05. The van der Waals surface area contributed by atoms with Crippen LogP contribution >= 0.6 is 45.6 Å². The van der Waals surface area contributed by atoms with Crippen LogP contribution in [-0.2, 0) is 79.1 Å². The van der Waals surface area contributed by atoms with Crippen molar-refractivity contribution in [3.8, 4) is 0 Å². The molecule has 0 aromatic carbocycles. The predicted molar refractivity (Wildman–Crippen MR) is 195 cm³/mol. The molecule has 0 aliphatic carbocycles. The highest BCUT2D eigenvalue weighted by Crippen LogP contribution is 2.36. The molecule has 0 aromatic heterocycles. The van der Waals surface area contributed by atoms with Gasteiger partial charge >= 0.3 is 29.8 Å². The number of ether oxygens (including phenoxy) is 11. The van der Waals surface area contributed by atoms with Crippen LogP contribution in [0.2, 0.25) is 0 Å². The second kappa shape index (κ2) is 24.9. The number of halogens is 2. The van der Waals surface area contributed by atoms with E-state index in [4.69, 9.17) is 55.2 Å². The van der Waals surface area contributed by atoms with E-state index in [2.05, 4.69) is 0 Å². The van der Waals surface area contributed by atoms with Gasteiger partial charge in [0, 0.05) is 5.92 Å². The maximum Gasteiger partial charge on any atom is 0.336 e. The molecule has 0 radical (unpaired) electrons. The average molecular weight is 1010 g/mol. The van der Waals surface area contributed by atoms with Gasteiger partial charge in [0.15, 0.2) is 18.9 Å². The summed E-state index contributed by atoms with van der Waals surface area (Å²) in [6, 6.07) is 0. The van der Waals surface area contributed by atoms with Crippen molar-refractivity contribution in [2.24, 2.45) is 11.8 Å². The first kappa shape index (κ1) is 50.4. The number of hydrogen-bond acceptors (Lipinski definition) is 20. The summed E-state index contributed by atoms with van der Waals surface area (Å²) < 4.78 is 66.9. The third-order valence-electron chi connectivity index (χ3n) is 7.00. The number of rotatable bonds is 23. The van der Waals surface area contributed by atoms with Crippen LogP contribution in [0.5, 0.6) is 0 Å². The lowest BCUT2D eigenvalue weighted by Crippen LogP contribution is -2.61. The lowest BCUT2D eigenvalue weighted by Gasteiger charge is -2.47. The Kier molecular flexibility index (Phi) is 23.3. The molecule has 1 fully saturated rings. The lowest BCUT2D eigenvalue weighted by molar-refractivity contribution is -0.405. The third-order valence-corrected chi connectivity index (χ3v) is 7.86. The number of carbonyl (C=O) groups is 5. The Hall–Kier alpha value is -1.59. The number of alkyl halides is 1. The molecule has 1 rings (SSSR count). The van der Waals surface area contributed by atoms with Crippen LogP contribution in [0.25, 0.3) is 0 Å². The molecule has 15 unspecified atom stereocenters. The Morgan fingerprint density at radius 2 is 0.907 bits per heavy atom. The molecule has 1 aliphatic heterocycles. The molecule has 3 N–H and O–H groups in total. The van der Waals surface area contributed by atoms with E-state index in [1.54, 1.807) is 36.9 Å². The maximum absolute atomic E-state index is 12.8. The van der Waals surface area contributed by atoms with E-state index in [9.17, 15) is 39.3 Å². The summed E-state index contributed by atoms with van der Waals surface area (Å²) in [7, 11) is 0. The molecule has 20 nitrogen and oxygen atoms in total. The molecule has 1 heterocycles. The van der Waals surface area contributed by atoms with E-state index in [0.717, 1.165) is 0 Å². The van der Waals surface area contributed by atoms with Crippen LogP contribution in [-0.4, -0.2) is 137 Å². The molecule has 0 saturated carbocycles. The van der Waals surface area contributed by atoms with Crippen molar-refractivity contribution >= 4 is 75.4 Å². The van der Waals surface area contributed by atoms with Gasteiger partial charge in [-0.3, -0.25) is 9.59 Å². The van der Waals surface area contributed by atoms with Crippen molar-refractivity contribution in [1.29, 1.82) is 0 Å². The minimum absolute atomic E-state index is 0.0231. The van der Waals surface area contributed by atoms with E-state index in [1.165, 1.54) is 55.4 Å². The van der Waals surface area contributed by atoms with E-state index < -0.39 is 127 Å². The Morgan fingerprint density at radius 1 is 0.556 bits per heavy atom. The first-order valence-electron chi connectivity index (χ1n) is 16.9. The molecule has 1 aliphatic rings. The van der Waals surface area contributed by atoms with Crippen LogP contribution in [0.3, 0.4) is 0 Å². The van der Waals surface area contributed by atoms with Crippen molar-refractivity contribution in [3.05, 3.63) is 0 Å². The van der Waals surface area contributed by atoms with E-state index >= 15 is 0 Å². The highest BCUT2D eigenvalue weighted by molar-refractivity contribution is 14.1. The van der Waals surface area contributed by atoms with Crippen molar-refractivity contribution in [2.45, 2.75) is 148 Å². The van der Waals surface area contributed by atoms with Gasteiger partial charge in [-0.15, -0.1) is 0 Å². The minimum atomic E-state index is -1.64. The smallest absolute Gasteiger partial charge is 0.336 e. The summed E-state index contributed by atoms with van der Waals surface area (Å²) in [6.07, 6.45) is -17.5. The Balaban J connectivity index is 3.79. The molecule has 0 aromatic rings. The second-order valence-electron chi connectivity index (χ2n) is 12.2. The molecule has 15 atom stereocenters. The summed E-state index contributed by atoms with van der Waals surface area (Å²) in [5.74, 6) is -6.34. The van der Waals surface area contributed by atoms with Crippen molar-refractivity contribution < 1.29 is 94.5 Å². The Bertz CT molecular complexity index is 1190. The Morgan fingerprint density at radius 3 is 1.26 bits per heavy atom. The maximum atomic E-state index is 12.8. The summed E-state index contributed by atoms with van der Waals surface area (Å²) in [5.41, 5.74) is 0. The first-order valence-corrected chi connectivity index (χ1v) is 19.0. The van der Waals surface area contributed by atoms with Gasteiger partial charge in [-0.05, 0) is 69.2 Å². The monoisotopic (exact) mass is 1010 g/mol. The predicted octanol–water partition coefficient (Wildman–Crippen LogP) is 1.52. The van der Waals surface area contributed by atoms with Gasteiger partial charge in [0.05, 0.1) is 19.1 Å². The van der Waals surface area contributed by atoms with E-state index in [-0.39, 0.29) is 6.61 Å². The van der Waals surface area contributed by atoms with Gasteiger partial charge < -0.3 is 70.5 Å². The Labute approximate surface area is 341 Å². The highest BCUT2D eigenvalue weighted by atomic mass is 127. The number of hydrogen-bond donors (Lipinski definition) is 3. The van der Waals surface area contributed by atoms with Crippen molar-refractivity contribution in [2.75, 3.05) is 13.2 Å². The zero-order valence-corrected chi connectivity index (χ0v) is 35.9. The van der Waals surface area contributed by atoms with Crippen LogP contribution in [0, 0.1) is 11.8 Å². The molecular weight excluding hydrogens is 958 g/mol. The lowest BCUT2D eigenvalue weighted by atomic mass is 9.92. The largest absolute Gasteiger partial charge is 0.436 e. The SMILES string of the molecule is CC(OCC1C(OC(C)OC(=O)C(C)O)C(OC(C)OC(=O)C(C)O)OC(OC(C)OC(=O)C(C)O)C1OC(C)OC(=O)C(C)COI)OC(=O)C(C)I. The second-order valence-corrected chi connectivity index (χ2v) is 14.7. The topological polar surface area (TPSA) is 257 Å². The van der Waals surface area contributed by atoms with E-state index in [1.807, 2.05) is 22.6 Å². The summed E-state index contributed by atoms with van der Waals surface area (Å²) in [5, 5.41) is 29.1. The summed E-state index contributed by atoms with van der Waals surface area (Å²) >= 11 is 3.49. The van der Waals surface area contributed by atoms with Crippen LogP contribution in [0.15, 0.2) is 0 Å².